The van der Waals surface area contributed by atoms with Gasteiger partial charge in [0.1, 0.15) is 0 Å². The van der Waals surface area contributed by atoms with Crippen molar-refractivity contribution in [3.8, 4) is 22.6 Å². The molecule has 2 N–H and O–H groups in total. The zero-order valence-corrected chi connectivity index (χ0v) is 21.2. The van der Waals surface area contributed by atoms with Crippen LogP contribution in [0.3, 0.4) is 0 Å². The Balaban J connectivity index is 2.08. The molecule has 0 aromatic heterocycles. The lowest BCUT2D eigenvalue weighted by Crippen LogP contribution is -2.28. The molecule has 0 fully saturated rings. The van der Waals surface area contributed by atoms with Crippen molar-refractivity contribution in [2.75, 3.05) is 0 Å². The van der Waals surface area contributed by atoms with E-state index in [9.17, 15) is 53.4 Å². The SMILES string of the molecule is O=S(=O)(Oc1cc(CO)c(-c2c(CO)cc(OS(=O)(=O)C(F)(F)F)c3ccccc23)c2ccccc12)C(F)(F)F. The van der Waals surface area contributed by atoms with Crippen molar-refractivity contribution >= 4 is 41.8 Å². The second-order valence-corrected chi connectivity index (χ2v) is 11.3. The highest BCUT2D eigenvalue weighted by Gasteiger charge is 2.49. The molecule has 0 aliphatic heterocycles. The fourth-order valence-corrected chi connectivity index (χ4v) is 5.04. The molecular weight excluding hydrogens is 594 g/mol. The summed E-state index contributed by atoms with van der Waals surface area (Å²) in [5.74, 6) is -1.54. The minimum atomic E-state index is -6.11. The molecule has 4 aromatic carbocycles. The van der Waals surface area contributed by atoms with E-state index >= 15 is 0 Å². The Kier molecular flexibility index (Phi) is 7.42. The maximum absolute atomic E-state index is 13.0. The monoisotopic (exact) mass is 610 g/mol. The van der Waals surface area contributed by atoms with Crippen molar-refractivity contribution in [1.82, 2.24) is 0 Å². The van der Waals surface area contributed by atoms with Crippen molar-refractivity contribution in [1.29, 1.82) is 0 Å². The maximum Gasteiger partial charge on any atom is 0.534 e. The zero-order valence-electron chi connectivity index (χ0n) is 19.6. The first-order valence-electron chi connectivity index (χ1n) is 10.8. The third-order valence-corrected chi connectivity index (χ3v) is 7.67. The molecule has 0 radical (unpaired) electrons. The molecule has 0 saturated carbocycles. The standard InChI is InChI=1S/C24H16F6O8S2/c25-23(26,27)39(33,34)37-19-9-13(11-31)21(17-7-3-1-5-15(17)19)22-14(12-32)10-20(16-6-2-4-8-18(16)22)38-40(35,36)24(28,29)30/h1-10,31-32H,11-12H2. The predicted molar refractivity (Wildman–Crippen MR) is 130 cm³/mol. The molecule has 0 atom stereocenters. The summed E-state index contributed by atoms with van der Waals surface area (Å²) >= 11 is 0. The Morgan fingerprint density at radius 3 is 1.15 bits per heavy atom. The van der Waals surface area contributed by atoms with Gasteiger partial charge in [0.05, 0.1) is 13.2 Å². The van der Waals surface area contributed by atoms with Gasteiger partial charge in [-0.05, 0) is 45.2 Å². The number of alkyl halides is 6. The first-order chi connectivity index (χ1) is 18.5. The van der Waals surface area contributed by atoms with E-state index in [-0.39, 0.29) is 43.8 Å². The second kappa shape index (κ2) is 10.1. The molecule has 0 unspecified atom stereocenters. The van der Waals surface area contributed by atoms with Crippen LogP contribution in [-0.2, 0) is 33.5 Å². The van der Waals surface area contributed by atoms with Crippen molar-refractivity contribution in [2.24, 2.45) is 0 Å². The highest BCUT2D eigenvalue weighted by molar-refractivity contribution is 7.88. The molecule has 0 aliphatic carbocycles. The zero-order chi connectivity index (χ0) is 29.7. The highest BCUT2D eigenvalue weighted by atomic mass is 32.2. The molecule has 0 spiro atoms. The van der Waals surface area contributed by atoms with Crippen LogP contribution in [0.15, 0.2) is 60.7 Å². The van der Waals surface area contributed by atoms with Gasteiger partial charge in [0.15, 0.2) is 11.5 Å². The predicted octanol–water partition coefficient (Wildman–Crippen LogP) is 5.10. The van der Waals surface area contributed by atoms with Crippen LogP contribution in [-0.4, -0.2) is 38.1 Å². The third-order valence-electron chi connectivity index (χ3n) is 5.73. The topological polar surface area (TPSA) is 127 Å². The van der Waals surface area contributed by atoms with Gasteiger partial charge in [-0.25, -0.2) is 0 Å². The minimum absolute atomic E-state index is 0.0397. The van der Waals surface area contributed by atoms with E-state index in [1.807, 2.05) is 0 Å². The maximum atomic E-state index is 13.0. The summed E-state index contributed by atoms with van der Waals surface area (Å²) in [6.45, 7) is -1.77. The van der Waals surface area contributed by atoms with Crippen LogP contribution < -0.4 is 8.37 Å². The number of hydrogen-bond donors (Lipinski definition) is 2. The molecule has 0 aliphatic rings. The number of hydrogen-bond acceptors (Lipinski definition) is 8. The minimum Gasteiger partial charge on any atom is -0.392 e. The van der Waals surface area contributed by atoms with Crippen LogP contribution in [0.25, 0.3) is 32.7 Å². The molecule has 16 heteroatoms. The van der Waals surface area contributed by atoms with Crippen LogP contribution >= 0.6 is 0 Å². The van der Waals surface area contributed by atoms with Gasteiger partial charge >= 0.3 is 31.3 Å². The van der Waals surface area contributed by atoms with Crippen LogP contribution in [0.2, 0.25) is 0 Å². The summed E-state index contributed by atoms with van der Waals surface area (Å²) in [6.07, 6.45) is 0. The van der Waals surface area contributed by atoms with E-state index in [0.717, 1.165) is 12.1 Å². The molecule has 0 saturated heterocycles. The summed E-state index contributed by atoms with van der Waals surface area (Å²) in [7, 11) is -12.2. The Bertz CT molecular complexity index is 1700. The van der Waals surface area contributed by atoms with Crippen molar-refractivity contribution < 1.29 is 61.8 Å². The lowest BCUT2D eigenvalue weighted by molar-refractivity contribution is -0.0504. The summed E-state index contributed by atoms with van der Waals surface area (Å²) in [5, 5.41) is 20.0. The molecule has 8 nitrogen and oxygen atoms in total. The summed E-state index contributed by atoms with van der Waals surface area (Å²) in [5.41, 5.74) is -11.8. The van der Waals surface area contributed by atoms with Gasteiger partial charge < -0.3 is 18.6 Å². The summed E-state index contributed by atoms with van der Waals surface area (Å²) < 4.78 is 134. The number of rotatable bonds is 7. The fourth-order valence-electron chi connectivity index (χ4n) is 4.10. The Morgan fingerprint density at radius 2 is 0.875 bits per heavy atom. The second-order valence-electron chi connectivity index (χ2n) is 8.19. The average molecular weight is 611 g/mol. The van der Waals surface area contributed by atoms with Gasteiger partial charge in [0.2, 0.25) is 0 Å². The first kappa shape index (κ1) is 29.4. The molecule has 40 heavy (non-hydrogen) atoms. The molecular formula is C24H16F6O8S2. The Hall–Kier alpha value is -3.60. The third kappa shape index (κ3) is 5.14. The van der Waals surface area contributed by atoms with Gasteiger partial charge in [-0.3, -0.25) is 0 Å². The number of aliphatic hydroxyl groups excluding tert-OH is 2. The van der Waals surface area contributed by atoms with Gasteiger partial charge in [-0.15, -0.1) is 0 Å². The van der Waals surface area contributed by atoms with Crippen molar-refractivity contribution in [3.05, 3.63) is 71.8 Å². The molecule has 214 valence electrons. The summed E-state index contributed by atoms with van der Waals surface area (Å²) in [6, 6.07) is 12.4. The quantitative estimate of drug-likeness (QED) is 0.168. The van der Waals surface area contributed by atoms with E-state index in [2.05, 4.69) is 8.37 Å². The number of halogens is 6. The number of fused-ring (bicyclic) bond motifs is 2. The van der Waals surface area contributed by atoms with Crippen molar-refractivity contribution in [3.63, 3.8) is 0 Å². The molecule has 0 amide bonds. The number of aliphatic hydroxyl groups is 2. The van der Waals surface area contributed by atoms with Crippen LogP contribution in [0, 0.1) is 0 Å². The van der Waals surface area contributed by atoms with E-state index in [1.54, 1.807) is 0 Å². The largest absolute Gasteiger partial charge is 0.534 e. The highest BCUT2D eigenvalue weighted by Crippen LogP contribution is 2.46. The van der Waals surface area contributed by atoms with Gasteiger partial charge in [0, 0.05) is 10.8 Å². The van der Waals surface area contributed by atoms with E-state index < -0.39 is 56.0 Å². The van der Waals surface area contributed by atoms with Crippen LogP contribution in [0.4, 0.5) is 26.3 Å². The van der Waals surface area contributed by atoms with Crippen molar-refractivity contribution in [2.45, 2.75) is 24.2 Å². The number of benzene rings is 4. The normalized spacial score (nSPS) is 13.1. The van der Waals surface area contributed by atoms with Crippen LogP contribution in [0.1, 0.15) is 11.1 Å². The first-order valence-corrected chi connectivity index (χ1v) is 13.7. The Labute approximate surface area is 222 Å². The lowest BCUT2D eigenvalue weighted by Gasteiger charge is -2.21. The van der Waals surface area contributed by atoms with E-state index in [1.165, 1.54) is 48.5 Å². The summed E-state index contributed by atoms with van der Waals surface area (Å²) in [4.78, 5) is 0. The molecule has 0 heterocycles. The molecule has 4 aromatic rings. The van der Waals surface area contributed by atoms with Gasteiger partial charge in [0.25, 0.3) is 0 Å². The van der Waals surface area contributed by atoms with Gasteiger partial charge in [-0.1, -0.05) is 48.5 Å². The lowest BCUT2D eigenvalue weighted by atomic mass is 9.86. The van der Waals surface area contributed by atoms with Crippen LogP contribution in [0.5, 0.6) is 11.5 Å². The molecule has 0 bridgehead atoms. The molecule has 4 rings (SSSR count). The van der Waals surface area contributed by atoms with E-state index in [0.29, 0.717) is 0 Å². The fraction of sp³-hybridized carbons (Fsp3) is 0.167. The Morgan fingerprint density at radius 1 is 0.575 bits per heavy atom. The average Bonchev–Trinajstić information content (AvgIpc) is 2.87. The van der Waals surface area contributed by atoms with E-state index in [4.69, 9.17) is 0 Å². The smallest absolute Gasteiger partial charge is 0.392 e. The van der Waals surface area contributed by atoms with Gasteiger partial charge in [-0.2, -0.15) is 43.2 Å².